The molecular weight excluding hydrogens is 226 g/mol. The molecule has 0 aliphatic carbocycles. The molecule has 1 aliphatic rings. The number of hydrogen-bond acceptors (Lipinski definition) is 6. The van der Waals surface area contributed by atoms with E-state index < -0.39 is 0 Å². The number of morpholine rings is 1. The molecule has 1 heterocycles. The molecule has 98 valence electrons. The second kappa shape index (κ2) is 6.56. The first-order valence-electron chi connectivity index (χ1n) is 5.58. The van der Waals surface area contributed by atoms with Crippen molar-refractivity contribution in [2.24, 2.45) is 0 Å². The van der Waals surface area contributed by atoms with Crippen LogP contribution < -0.4 is 0 Å². The summed E-state index contributed by atoms with van der Waals surface area (Å²) in [7, 11) is 2.71. The SMILES string of the molecule is COC(=O)CC1CN(C(C)C(=O)OC)CCO1. The van der Waals surface area contributed by atoms with Gasteiger partial charge in [0.25, 0.3) is 0 Å². The van der Waals surface area contributed by atoms with Crippen molar-refractivity contribution < 1.29 is 23.8 Å². The van der Waals surface area contributed by atoms with Crippen molar-refractivity contribution >= 4 is 11.9 Å². The van der Waals surface area contributed by atoms with E-state index in [-0.39, 0.29) is 30.5 Å². The fourth-order valence-corrected chi connectivity index (χ4v) is 1.81. The number of ether oxygens (including phenoxy) is 3. The second-order valence-corrected chi connectivity index (χ2v) is 3.97. The minimum Gasteiger partial charge on any atom is -0.469 e. The second-order valence-electron chi connectivity index (χ2n) is 3.97. The normalized spacial score (nSPS) is 22.9. The van der Waals surface area contributed by atoms with Gasteiger partial charge in [-0.25, -0.2) is 0 Å². The largest absolute Gasteiger partial charge is 0.469 e. The highest BCUT2D eigenvalue weighted by molar-refractivity contribution is 5.75. The Morgan fingerprint density at radius 3 is 2.71 bits per heavy atom. The van der Waals surface area contributed by atoms with E-state index in [2.05, 4.69) is 9.47 Å². The fraction of sp³-hybridized carbons (Fsp3) is 0.818. The van der Waals surface area contributed by atoms with E-state index >= 15 is 0 Å². The van der Waals surface area contributed by atoms with Crippen molar-refractivity contribution in [2.45, 2.75) is 25.5 Å². The van der Waals surface area contributed by atoms with Crippen LogP contribution in [0.15, 0.2) is 0 Å². The molecular formula is C11H19NO5. The Kier molecular flexibility index (Phi) is 5.37. The predicted molar refractivity (Wildman–Crippen MR) is 59.4 cm³/mol. The lowest BCUT2D eigenvalue weighted by Gasteiger charge is -2.35. The zero-order valence-corrected chi connectivity index (χ0v) is 10.5. The molecule has 0 aromatic heterocycles. The topological polar surface area (TPSA) is 65.1 Å². The number of rotatable bonds is 4. The molecule has 0 spiro atoms. The van der Waals surface area contributed by atoms with E-state index in [0.717, 1.165) is 0 Å². The highest BCUT2D eigenvalue weighted by Gasteiger charge is 2.29. The van der Waals surface area contributed by atoms with E-state index in [0.29, 0.717) is 19.7 Å². The fourth-order valence-electron chi connectivity index (χ4n) is 1.81. The molecule has 1 saturated heterocycles. The van der Waals surface area contributed by atoms with Crippen molar-refractivity contribution in [2.75, 3.05) is 33.9 Å². The summed E-state index contributed by atoms with van der Waals surface area (Å²) >= 11 is 0. The van der Waals surface area contributed by atoms with Crippen molar-refractivity contribution in [3.05, 3.63) is 0 Å². The highest BCUT2D eigenvalue weighted by Crippen LogP contribution is 2.12. The molecule has 17 heavy (non-hydrogen) atoms. The summed E-state index contributed by atoms with van der Waals surface area (Å²) in [4.78, 5) is 24.5. The maximum atomic E-state index is 11.4. The summed E-state index contributed by atoms with van der Waals surface area (Å²) in [6.45, 7) is 3.48. The van der Waals surface area contributed by atoms with Gasteiger partial charge >= 0.3 is 11.9 Å². The van der Waals surface area contributed by atoms with E-state index in [4.69, 9.17) is 4.74 Å². The summed E-state index contributed by atoms with van der Waals surface area (Å²) < 4.78 is 14.7. The van der Waals surface area contributed by atoms with E-state index in [1.165, 1.54) is 14.2 Å². The van der Waals surface area contributed by atoms with Crippen molar-refractivity contribution in [1.82, 2.24) is 4.90 Å². The van der Waals surface area contributed by atoms with Crippen molar-refractivity contribution in [3.8, 4) is 0 Å². The Morgan fingerprint density at radius 2 is 2.12 bits per heavy atom. The van der Waals surface area contributed by atoms with Gasteiger partial charge in [0.05, 0.1) is 33.4 Å². The van der Waals surface area contributed by atoms with Gasteiger partial charge in [-0.05, 0) is 6.92 Å². The Hall–Kier alpha value is -1.14. The third-order valence-electron chi connectivity index (χ3n) is 2.88. The summed E-state index contributed by atoms with van der Waals surface area (Å²) in [5, 5.41) is 0. The number of nitrogens with zero attached hydrogens (tertiary/aromatic N) is 1. The van der Waals surface area contributed by atoms with Gasteiger partial charge < -0.3 is 14.2 Å². The molecule has 2 unspecified atom stereocenters. The molecule has 6 nitrogen and oxygen atoms in total. The molecule has 1 fully saturated rings. The first kappa shape index (κ1) is 13.9. The highest BCUT2D eigenvalue weighted by atomic mass is 16.5. The monoisotopic (exact) mass is 245 g/mol. The molecule has 2 atom stereocenters. The number of methoxy groups -OCH3 is 2. The van der Waals surface area contributed by atoms with Gasteiger partial charge in [-0.2, -0.15) is 0 Å². The first-order chi connectivity index (χ1) is 8.08. The lowest BCUT2D eigenvalue weighted by molar-refractivity contribution is -0.151. The zero-order chi connectivity index (χ0) is 12.8. The van der Waals surface area contributed by atoms with Gasteiger partial charge in [-0.15, -0.1) is 0 Å². The van der Waals surface area contributed by atoms with E-state index in [1.807, 2.05) is 4.90 Å². The quantitative estimate of drug-likeness (QED) is 0.640. The molecule has 0 N–H and O–H groups in total. The lowest BCUT2D eigenvalue weighted by atomic mass is 10.1. The van der Waals surface area contributed by atoms with Crippen LogP contribution in [-0.2, 0) is 23.8 Å². The van der Waals surface area contributed by atoms with E-state index in [1.54, 1.807) is 6.92 Å². The van der Waals surface area contributed by atoms with Crippen LogP contribution in [0.25, 0.3) is 0 Å². The average molecular weight is 245 g/mol. The minimum absolute atomic E-state index is 0.209. The third kappa shape index (κ3) is 3.98. The Balaban J connectivity index is 2.48. The van der Waals surface area contributed by atoms with Gasteiger partial charge in [0.1, 0.15) is 6.04 Å². The maximum Gasteiger partial charge on any atom is 0.322 e. The standard InChI is InChI=1S/C11H19NO5/c1-8(11(14)16-3)12-4-5-17-9(7-12)6-10(13)15-2/h8-9H,4-7H2,1-3H3. The molecule has 0 aromatic carbocycles. The average Bonchev–Trinajstić information content (AvgIpc) is 2.37. The van der Waals surface area contributed by atoms with Crippen LogP contribution in [0.2, 0.25) is 0 Å². The Morgan fingerprint density at radius 1 is 1.41 bits per heavy atom. The number of carbonyl (C=O) groups excluding carboxylic acids is 2. The summed E-state index contributed by atoms with van der Waals surface area (Å²) in [6, 6.07) is -0.316. The van der Waals surface area contributed by atoms with Crippen molar-refractivity contribution in [3.63, 3.8) is 0 Å². The smallest absolute Gasteiger partial charge is 0.322 e. The van der Waals surface area contributed by atoms with Crippen molar-refractivity contribution in [1.29, 1.82) is 0 Å². The molecule has 1 rings (SSSR count). The van der Waals surface area contributed by atoms with Crippen LogP contribution in [0.5, 0.6) is 0 Å². The minimum atomic E-state index is -0.316. The Labute approximate surface area is 101 Å². The van der Waals surface area contributed by atoms with Crippen LogP contribution in [-0.4, -0.2) is 62.9 Å². The molecule has 0 radical (unpaired) electrons. The van der Waals surface area contributed by atoms with Crippen LogP contribution in [0.1, 0.15) is 13.3 Å². The Bertz CT molecular complexity index is 281. The lowest BCUT2D eigenvalue weighted by Crippen LogP contribution is -2.50. The number of carbonyl (C=O) groups is 2. The number of esters is 2. The van der Waals surface area contributed by atoms with Crippen LogP contribution in [0, 0.1) is 0 Å². The van der Waals surface area contributed by atoms with Gasteiger partial charge in [-0.1, -0.05) is 0 Å². The summed E-state index contributed by atoms with van der Waals surface area (Å²) in [6.07, 6.45) is -0.00994. The molecule has 6 heteroatoms. The molecule has 0 amide bonds. The molecule has 1 aliphatic heterocycles. The van der Waals surface area contributed by atoms with E-state index in [9.17, 15) is 9.59 Å². The maximum absolute atomic E-state index is 11.4. The van der Waals surface area contributed by atoms with Gasteiger partial charge in [0, 0.05) is 13.1 Å². The van der Waals surface area contributed by atoms with Gasteiger partial charge in [-0.3, -0.25) is 14.5 Å². The van der Waals surface area contributed by atoms with Crippen LogP contribution in [0.3, 0.4) is 0 Å². The zero-order valence-electron chi connectivity index (χ0n) is 10.5. The summed E-state index contributed by atoms with van der Waals surface area (Å²) in [5.74, 6) is -0.578. The van der Waals surface area contributed by atoms with Crippen LogP contribution >= 0.6 is 0 Å². The molecule has 0 saturated carbocycles. The van der Waals surface area contributed by atoms with Gasteiger partial charge in [0.15, 0.2) is 0 Å². The first-order valence-corrected chi connectivity index (χ1v) is 5.58. The predicted octanol–water partition coefficient (Wildman–Crippen LogP) is -0.188. The summed E-state index contributed by atoms with van der Waals surface area (Å²) in [5.41, 5.74) is 0. The van der Waals surface area contributed by atoms with Crippen LogP contribution in [0.4, 0.5) is 0 Å². The molecule has 0 bridgehead atoms. The molecule has 0 aromatic rings. The third-order valence-corrected chi connectivity index (χ3v) is 2.88. The number of hydrogen-bond donors (Lipinski definition) is 0. The van der Waals surface area contributed by atoms with Gasteiger partial charge in [0.2, 0.25) is 0 Å².